The van der Waals surface area contributed by atoms with Crippen molar-refractivity contribution >= 4 is 68.0 Å². The van der Waals surface area contributed by atoms with Gasteiger partial charge < -0.3 is 35.5 Å². The summed E-state index contributed by atoms with van der Waals surface area (Å²) in [5.74, 6) is -4.62. The molecule has 0 bridgehead atoms. The number of hydrogen-bond acceptors (Lipinski definition) is 11. The lowest BCUT2D eigenvalue weighted by Gasteiger charge is -2.28. The molecule has 0 aliphatic rings. The van der Waals surface area contributed by atoms with Crippen molar-refractivity contribution in [1.82, 2.24) is 21.3 Å². The van der Waals surface area contributed by atoms with E-state index in [4.69, 9.17) is 25.8 Å². The molecule has 0 heterocycles. The molecule has 4 amide bonds. The smallest absolute Gasteiger partial charge is 0.408 e. The molecule has 0 saturated heterocycles. The number of carbonyl (C=O) groups excluding carboxylic acids is 6. The molecule has 0 aliphatic carbocycles. The van der Waals surface area contributed by atoms with Crippen LogP contribution in [0.1, 0.15) is 51.7 Å². The molecule has 0 radical (unpaired) electrons. The van der Waals surface area contributed by atoms with Gasteiger partial charge in [0.1, 0.15) is 29.1 Å². The zero-order valence-corrected chi connectivity index (χ0v) is 34.0. The van der Waals surface area contributed by atoms with E-state index in [-0.39, 0.29) is 26.2 Å². The lowest BCUT2D eigenvalue weighted by molar-refractivity contribution is -0.145. The fourth-order valence-corrected chi connectivity index (χ4v) is 6.13. The monoisotopic (exact) mass is 828 g/mol. The Labute approximate surface area is 337 Å². The third-order valence-electron chi connectivity index (χ3n) is 8.39. The fourth-order valence-electron chi connectivity index (χ4n) is 5.57. The number of rotatable bonds is 20. The molecule has 57 heavy (non-hydrogen) atoms. The quantitative estimate of drug-likeness (QED) is 0.0950. The number of carbonyl (C=O) groups is 6. The van der Waals surface area contributed by atoms with Crippen LogP contribution in [-0.4, -0.2) is 87.8 Å². The van der Waals surface area contributed by atoms with Gasteiger partial charge in [-0.15, -0.1) is 0 Å². The summed E-state index contributed by atoms with van der Waals surface area (Å²) < 4.78 is 38.8. The van der Waals surface area contributed by atoms with Crippen molar-refractivity contribution in [3.05, 3.63) is 94.4 Å². The number of sulfone groups is 1. The van der Waals surface area contributed by atoms with Crippen molar-refractivity contribution in [1.29, 1.82) is 0 Å². The van der Waals surface area contributed by atoms with E-state index in [0.29, 0.717) is 11.1 Å². The van der Waals surface area contributed by atoms with Crippen molar-refractivity contribution in [3.8, 4) is 0 Å². The van der Waals surface area contributed by atoms with Gasteiger partial charge in [-0.2, -0.15) is 0 Å². The van der Waals surface area contributed by atoms with Crippen LogP contribution in [0, 0.1) is 5.92 Å². The molecule has 0 fully saturated rings. The van der Waals surface area contributed by atoms with Crippen LogP contribution in [0.3, 0.4) is 0 Å². The van der Waals surface area contributed by atoms with Gasteiger partial charge in [0, 0.05) is 12.7 Å². The second-order valence-corrected chi connectivity index (χ2v) is 15.9. The molecule has 0 saturated carbocycles. The standard InChI is InChI=1S/C40H49ClN4O11S/c1-6-54-34(46)22-29(21-33(41)57(5,52)53)42-39(50)36(25(3)4)45-38(49)31(20-28-18-13-17-27-16-11-12-19-30(27)28)43-37(48)32(23-35(47)55-7-2)44-40(51)56-24-26-14-9-8-10-15-26/h8-19,21,25,29,31-32,36H,6-7,20,22-24H2,1-5H3,(H,42,50)(H,43,48)(H,44,51)(H,45,49)/b33-21+/t29-,31+,32+,36-/m1/s1. The first-order chi connectivity index (χ1) is 27.0. The number of ether oxygens (including phenoxy) is 3. The average Bonchev–Trinajstić information content (AvgIpc) is 3.15. The van der Waals surface area contributed by atoms with Crippen LogP contribution in [0.5, 0.6) is 0 Å². The summed E-state index contributed by atoms with van der Waals surface area (Å²) in [6, 6.07) is 16.2. The third kappa shape index (κ3) is 15.2. The first-order valence-corrected chi connectivity index (χ1v) is 20.5. The minimum atomic E-state index is -3.90. The van der Waals surface area contributed by atoms with Gasteiger partial charge in [-0.05, 0) is 47.7 Å². The number of alkyl carbamates (subject to hydrolysis) is 1. The molecule has 4 atom stereocenters. The van der Waals surface area contributed by atoms with Gasteiger partial charge in [0.2, 0.25) is 17.7 Å². The molecule has 0 unspecified atom stereocenters. The summed E-state index contributed by atoms with van der Waals surface area (Å²) in [6.07, 6.45) is -0.295. The molecule has 4 N–H and O–H groups in total. The molecular weight excluding hydrogens is 780 g/mol. The number of nitrogens with one attached hydrogen (secondary N) is 4. The SMILES string of the molecule is CCOC(=O)C[C@@H](/C=C(\Cl)S(C)(=O)=O)NC(=O)[C@H](NC(=O)[C@H](Cc1cccc2ccccc12)NC(=O)[C@H](CC(=O)OCC)NC(=O)OCc1ccccc1)C(C)C. The van der Waals surface area contributed by atoms with E-state index in [2.05, 4.69) is 21.3 Å². The van der Waals surface area contributed by atoms with E-state index < -0.39 is 92.9 Å². The van der Waals surface area contributed by atoms with Crippen molar-refractivity contribution in [2.24, 2.45) is 5.92 Å². The van der Waals surface area contributed by atoms with Crippen LogP contribution < -0.4 is 21.3 Å². The first kappa shape index (κ1) is 45.9. The lowest BCUT2D eigenvalue weighted by atomic mass is 9.97. The molecule has 308 valence electrons. The van der Waals surface area contributed by atoms with E-state index in [1.807, 2.05) is 30.3 Å². The van der Waals surface area contributed by atoms with Crippen LogP contribution in [0.4, 0.5) is 4.79 Å². The number of benzene rings is 3. The Balaban J connectivity index is 1.94. The number of hydrogen-bond donors (Lipinski definition) is 4. The van der Waals surface area contributed by atoms with Crippen molar-refractivity contribution in [2.45, 2.75) is 77.7 Å². The number of halogens is 1. The van der Waals surface area contributed by atoms with Gasteiger partial charge in [0.15, 0.2) is 9.84 Å². The highest BCUT2D eigenvalue weighted by Crippen LogP contribution is 2.21. The Kier molecular flexibility index (Phi) is 18.0. The Morgan fingerprint density at radius 1 is 0.702 bits per heavy atom. The Bertz CT molecular complexity index is 2020. The number of amides is 4. The predicted molar refractivity (Wildman–Crippen MR) is 213 cm³/mol. The zero-order valence-electron chi connectivity index (χ0n) is 32.4. The highest BCUT2D eigenvalue weighted by atomic mass is 35.5. The van der Waals surface area contributed by atoms with Gasteiger partial charge in [0.25, 0.3) is 0 Å². The van der Waals surface area contributed by atoms with Crippen LogP contribution in [0.2, 0.25) is 0 Å². The summed E-state index contributed by atoms with van der Waals surface area (Å²) in [6.45, 7) is 6.36. The Hall–Kier alpha value is -5.48. The highest BCUT2D eigenvalue weighted by Gasteiger charge is 2.33. The van der Waals surface area contributed by atoms with E-state index in [1.165, 1.54) is 0 Å². The molecule has 0 aliphatic heterocycles. The minimum Gasteiger partial charge on any atom is -0.466 e. The second kappa shape index (κ2) is 22.3. The molecule has 0 aromatic heterocycles. The zero-order chi connectivity index (χ0) is 42.1. The van der Waals surface area contributed by atoms with Gasteiger partial charge in [0.05, 0.1) is 32.1 Å². The van der Waals surface area contributed by atoms with Crippen molar-refractivity contribution in [2.75, 3.05) is 19.5 Å². The van der Waals surface area contributed by atoms with Gasteiger partial charge in [-0.25, -0.2) is 13.2 Å². The fraction of sp³-hybridized carbons (Fsp3) is 0.400. The Morgan fingerprint density at radius 3 is 1.93 bits per heavy atom. The van der Waals surface area contributed by atoms with Crippen LogP contribution in [0.15, 0.2) is 83.2 Å². The lowest BCUT2D eigenvalue weighted by Crippen LogP contribution is -2.59. The van der Waals surface area contributed by atoms with Crippen molar-refractivity contribution in [3.63, 3.8) is 0 Å². The van der Waals surface area contributed by atoms with Gasteiger partial charge in [-0.3, -0.25) is 24.0 Å². The van der Waals surface area contributed by atoms with Crippen LogP contribution in [-0.2, 0) is 61.0 Å². The predicted octanol–water partition coefficient (Wildman–Crippen LogP) is 3.82. The normalized spacial score (nSPS) is 13.7. The molecule has 3 rings (SSSR count). The van der Waals surface area contributed by atoms with Gasteiger partial charge in [-0.1, -0.05) is 98.2 Å². The summed E-state index contributed by atoms with van der Waals surface area (Å²) in [5.41, 5.74) is 1.34. The van der Waals surface area contributed by atoms with Crippen molar-refractivity contribution < 1.29 is 51.4 Å². The topological polar surface area (TPSA) is 212 Å². The van der Waals surface area contributed by atoms with Crippen LogP contribution >= 0.6 is 11.6 Å². The molecule has 3 aromatic carbocycles. The number of fused-ring (bicyclic) bond motifs is 1. The average molecular weight is 829 g/mol. The molecular formula is C40H49ClN4O11S. The largest absolute Gasteiger partial charge is 0.466 e. The summed E-state index contributed by atoms with van der Waals surface area (Å²) in [4.78, 5) is 79.8. The van der Waals surface area contributed by atoms with Crippen LogP contribution in [0.25, 0.3) is 10.8 Å². The summed E-state index contributed by atoms with van der Waals surface area (Å²) >= 11 is 5.98. The maximum atomic E-state index is 14.2. The van der Waals surface area contributed by atoms with E-state index in [9.17, 15) is 37.2 Å². The third-order valence-corrected chi connectivity index (χ3v) is 10.2. The summed E-state index contributed by atoms with van der Waals surface area (Å²) in [5, 5.41) is 11.9. The maximum Gasteiger partial charge on any atom is 0.408 e. The second-order valence-electron chi connectivity index (χ2n) is 13.3. The van der Waals surface area contributed by atoms with E-state index in [0.717, 1.165) is 23.1 Å². The maximum absolute atomic E-state index is 14.2. The number of esters is 2. The summed E-state index contributed by atoms with van der Waals surface area (Å²) in [7, 11) is -3.90. The molecule has 17 heteroatoms. The highest BCUT2D eigenvalue weighted by molar-refractivity contribution is 7.96. The first-order valence-electron chi connectivity index (χ1n) is 18.3. The minimum absolute atomic E-state index is 0.00723. The molecule has 15 nitrogen and oxygen atoms in total. The van der Waals surface area contributed by atoms with Gasteiger partial charge >= 0.3 is 18.0 Å². The Morgan fingerprint density at radius 2 is 1.30 bits per heavy atom. The molecule has 0 spiro atoms. The molecule has 3 aromatic rings. The van der Waals surface area contributed by atoms with E-state index in [1.54, 1.807) is 70.2 Å². The van der Waals surface area contributed by atoms with E-state index >= 15 is 0 Å².